The van der Waals surface area contributed by atoms with Crippen molar-refractivity contribution >= 4 is 11.8 Å². The first kappa shape index (κ1) is 20.0. The number of nitrogens with one attached hydrogen (secondary N) is 2. The fourth-order valence-corrected chi connectivity index (χ4v) is 3.11. The molecule has 2 aromatic carbocycles. The molecule has 4 rings (SSSR count). The molecule has 31 heavy (non-hydrogen) atoms. The van der Waals surface area contributed by atoms with Gasteiger partial charge in [0.15, 0.2) is 0 Å². The zero-order chi connectivity index (χ0) is 21.6. The summed E-state index contributed by atoms with van der Waals surface area (Å²) in [6, 6.07) is 20.9. The Labute approximate surface area is 179 Å². The SMILES string of the molecule is Cc1ccc(-c2nn(Cc3ccccc3)cc2C(=O)NNC(=O)c2cccnc2)cc1. The summed E-state index contributed by atoms with van der Waals surface area (Å²) in [5, 5.41) is 4.64. The molecule has 0 atom stereocenters. The summed E-state index contributed by atoms with van der Waals surface area (Å²) in [6.07, 6.45) is 4.69. The highest BCUT2D eigenvalue weighted by Crippen LogP contribution is 2.23. The van der Waals surface area contributed by atoms with Crippen LogP contribution in [0.15, 0.2) is 85.3 Å². The number of carbonyl (C=O) groups excluding carboxylic acids is 2. The lowest BCUT2D eigenvalue weighted by Gasteiger charge is -2.07. The number of hydrogen-bond donors (Lipinski definition) is 2. The van der Waals surface area contributed by atoms with Crippen LogP contribution in [-0.2, 0) is 6.54 Å². The van der Waals surface area contributed by atoms with Gasteiger partial charge >= 0.3 is 0 Å². The number of aryl methyl sites for hydroxylation is 1. The highest BCUT2D eigenvalue weighted by molar-refractivity contribution is 6.02. The second-order valence-corrected chi connectivity index (χ2v) is 7.09. The minimum Gasteiger partial charge on any atom is -0.267 e. The van der Waals surface area contributed by atoms with Crippen LogP contribution in [0, 0.1) is 6.92 Å². The van der Waals surface area contributed by atoms with E-state index in [1.807, 2.05) is 61.5 Å². The van der Waals surface area contributed by atoms with E-state index in [0.717, 1.165) is 16.7 Å². The van der Waals surface area contributed by atoms with E-state index in [4.69, 9.17) is 0 Å². The molecular weight excluding hydrogens is 390 g/mol. The number of benzene rings is 2. The molecule has 2 aromatic heterocycles. The predicted octanol–water partition coefficient (Wildman–Crippen LogP) is 3.38. The minimum absolute atomic E-state index is 0.348. The first-order valence-electron chi connectivity index (χ1n) is 9.79. The quantitative estimate of drug-likeness (QED) is 0.493. The molecule has 0 radical (unpaired) electrons. The number of aromatic nitrogens is 3. The van der Waals surface area contributed by atoms with Gasteiger partial charge in [0.05, 0.1) is 17.7 Å². The second-order valence-electron chi connectivity index (χ2n) is 7.09. The summed E-state index contributed by atoms with van der Waals surface area (Å²) in [5.41, 5.74) is 9.17. The van der Waals surface area contributed by atoms with Crippen LogP contribution < -0.4 is 10.9 Å². The molecule has 2 N–H and O–H groups in total. The molecular formula is C24H21N5O2. The third-order valence-electron chi connectivity index (χ3n) is 4.73. The molecule has 7 nitrogen and oxygen atoms in total. The third kappa shape index (κ3) is 4.84. The van der Waals surface area contributed by atoms with Crippen molar-refractivity contribution in [1.82, 2.24) is 25.6 Å². The van der Waals surface area contributed by atoms with Crippen LogP contribution in [-0.4, -0.2) is 26.6 Å². The third-order valence-corrected chi connectivity index (χ3v) is 4.73. The maximum Gasteiger partial charge on any atom is 0.273 e. The number of hydrogen-bond acceptors (Lipinski definition) is 4. The van der Waals surface area contributed by atoms with Crippen LogP contribution in [0.3, 0.4) is 0 Å². The van der Waals surface area contributed by atoms with E-state index in [-0.39, 0.29) is 0 Å². The molecule has 7 heteroatoms. The average Bonchev–Trinajstić information content (AvgIpc) is 3.23. The van der Waals surface area contributed by atoms with Crippen molar-refractivity contribution in [3.8, 4) is 11.3 Å². The molecule has 0 fully saturated rings. The van der Waals surface area contributed by atoms with Gasteiger partial charge in [-0.1, -0.05) is 60.2 Å². The fraction of sp³-hybridized carbons (Fsp3) is 0.0833. The number of rotatable bonds is 5. The lowest BCUT2D eigenvalue weighted by molar-refractivity contribution is 0.0846. The Balaban J connectivity index is 1.58. The lowest BCUT2D eigenvalue weighted by Crippen LogP contribution is -2.41. The Morgan fingerprint density at radius 3 is 2.35 bits per heavy atom. The Kier molecular flexibility index (Phi) is 5.84. The predicted molar refractivity (Wildman–Crippen MR) is 117 cm³/mol. The molecule has 0 saturated carbocycles. The molecule has 4 aromatic rings. The Bertz CT molecular complexity index is 1190. The summed E-state index contributed by atoms with van der Waals surface area (Å²) in [4.78, 5) is 29.1. The maximum atomic E-state index is 12.9. The molecule has 0 aliphatic heterocycles. The summed E-state index contributed by atoms with van der Waals surface area (Å²) in [6.45, 7) is 2.52. The van der Waals surface area contributed by atoms with Crippen LogP contribution >= 0.6 is 0 Å². The molecule has 0 unspecified atom stereocenters. The zero-order valence-corrected chi connectivity index (χ0v) is 16.9. The summed E-state index contributed by atoms with van der Waals surface area (Å²) >= 11 is 0. The normalized spacial score (nSPS) is 10.5. The Morgan fingerprint density at radius 2 is 1.65 bits per heavy atom. The van der Waals surface area contributed by atoms with Crippen LogP contribution in [0.5, 0.6) is 0 Å². The first-order valence-corrected chi connectivity index (χ1v) is 9.79. The minimum atomic E-state index is -0.452. The van der Waals surface area contributed by atoms with Gasteiger partial charge in [0.1, 0.15) is 5.69 Å². The highest BCUT2D eigenvalue weighted by Gasteiger charge is 2.19. The van der Waals surface area contributed by atoms with Gasteiger partial charge in [-0.3, -0.25) is 30.1 Å². The summed E-state index contributed by atoms with van der Waals surface area (Å²) in [7, 11) is 0. The van der Waals surface area contributed by atoms with Crippen molar-refractivity contribution in [3.63, 3.8) is 0 Å². The van der Waals surface area contributed by atoms with Gasteiger partial charge in [-0.2, -0.15) is 5.10 Å². The smallest absolute Gasteiger partial charge is 0.267 e. The molecule has 0 spiro atoms. The molecule has 154 valence electrons. The van der Waals surface area contributed by atoms with Gasteiger partial charge < -0.3 is 0 Å². The van der Waals surface area contributed by atoms with E-state index < -0.39 is 11.8 Å². The van der Waals surface area contributed by atoms with Crippen molar-refractivity contribution in [1.29, 1.82) is 0 Å². The van der Waals surface area contributed by atoms with E-state index in [1.54, 1.807) is 29.2 Å². The van der Waals surface area contributed by atoms with Gasteiger partial charge in [0, 0.05) is 24.2 Å². The van der Waals surface area contributed by atoms with Gasteiger partial charge in [-0.05, 0) is 24.6 Å². The molecule has 0 aliphatic rings. The van der Waals surface area contributed by atoms with Gasteiger partial charge in [0.2, 0.25) is 0 Å². The molecule has 0 saturated heterocycles. The second kappa shape index (κ2) is 9.04. The zero-order valence-electron chi connectivity index (χ0n) is 16.9. The van der Waals surface area contributed by atoms with Crippen LogP contribution in [0.4, 0.5) is 0 Å². The lowest BCUT2D eigenvalue weighted by atomic mass is 10.1. The van der Waals surface area contributed by atoms with Gasteiger partial charge in [-0.25, -0.2) is 0 Å². The van der Waals surface area contributed by atoms with Crippen molar-refractivity contribution in [2.75, 3.05) is 0 Å². The van der Waals surface area contributed by atoms with Crippen molar-refractivity contribution in [3.05, 3.63) is 108 Å². The molecule has 0 bridgehead atoms. The Morgan fingerprint density at radius 1 is 0.903 bits per heavy atom. The number of nitrogens with zero attached hydrogens (tertiary/aromatic N) is 3. The van der Waals surface area contributed by atoms with E-state index >= 15 is 0 Å². The van der Waals surface area contributed by atoms with Crippen LogP contribution in [0.2, 0.25) is 0 Å². The molecule has 2 heterocycles. The van der Waals surface area contributed by atoms with E-state index in [2.05, 4.69) is 20.9 Å². The average molecular weight is 411 g/mol. The maximum absolute atomic E-state index is 12.9. The van der Waals surface area contributed by atoms with E-state index in [0.29, 0.717) is 23.4 Å². The fourth-order valence-electron chi connectivity index (χ4n) is 3.11. The van der Waals surface area contributed by atoms with E-state index in [9.17, 15) is 9.59 Å². The van der Waals surface area contributed by atoms with Crippen molar-refractivity contribution in [2.24, 2.45) is 0 Å². The number of carbonyl (C=O) groups is 2. The van der Waals surface area contributed by atoms with Crippen molar-refractivity contribution in [2.45, 2.75) is 13.5 Å². The first-order chi connectivity index (χ1) is 15.1. The summed E-state index contributed by atoms with van der Waals surface area (Å²) < 4.78 is 1.72. The van der Waals surface area contributed by atoms with Crippen LogP contribution in [0.25, 0.3) is 11.3 Å². The highest BCUT2D eigenvalue weighted by atomic mass is 16.2. The molecule has 0 aliphatic carbocycles. The monoisotopic (exact) mass is 411 g/mol. The Hall–Kier alpha value is -4.26. The number of amides is 2. The summed E-state index contributed by atoms with van der Waals surface area (Å²) in [5.74, 6) is -0.901. The number of pyridine rings is 1. The van der Waals surface area contributed by atoms with Crippen molar-refractivity contribution < 1.29 is 9.59 Å². The standard InChI is InChI=1S/C24H21N5O2/c1-17-9-11-19(12-10-17)22-21(16-29(28-22)15-18-6-3-2-4-7-18)24(31)27-26-23(30)20-8-5-13-25-14-20/h2-14,16H,15H2,1H3,(H,26,30)(H,27,31). The number of hydrazine groups is 1. The largest absolute Gasteiger partial charge is 0.273 e. The van der Waals surface area contributed by atoms with Gasteiger partial charge in [0.25, 0.3) is 11.8 Å². The van der Waals surface area contributed by atoms with Gasteiger partial charge in [-0.15, -0.1) is 0 Å². The molecule has 2 amide bonds. The van der Waals surface area contributed by atoms with E-state index in [1.165, 1.54) is 6.20 Å². The topological polar surface area (TPSA) is 88.9 Å². The van der Waals surface area contributed by atoms with Crippen LogP contribution in [0.1, 0.15) is 31.8 Å².